The number of hydrogen-bond acceptors (Lipinski definition) is 3. The fourth-order valence-electron chi connectivity index (χ4n) is 1.35. The van der Waals surface area contributed by atoms with E-state index in [1.54, 1.807) is 11.0 Å². The molecular formula is C9H12N4O. The lowest BCUT2D eigenvalue weighted by molar-refractivity contribution is 0.925. The van der Waals surface area contributed by atoms with Gasteiger partial charge in [-0.2, -0.15) is 4.98 Å². The van der Waals surface area contributed by atoms with E-state index in [4.69, 9.17) is 0 Å². The van der Waals surface area contributed by atoms with Crippen LogP contribution in [0.1, 0.15) is 0 Å². The number of aromatic amines is 1. The fraction of sp³-hybridized carbons (Fsp3) is 0.333. The summed E-state index contributed by atoms with van der Waals surface area (Å²) in [5.41, 5.74) is 0.608. The van der Waals surface area contributed by atoms with Gasteiger partial charge in [0.2, 0.25) is 5.95 Å². The van der Waals surface area contributed by atoms with Gasteiger partial charge in [0, 0.05) is 27.3 Å². The quantitative estimate of drug-likeness (QED) is 0.708. The maximum Gasteiger partial charge on any atom is 0.261 e. The Kier molecular flexibility index (Phi) is 1.80. The SMILES string of the molecule is CN(C)c1nc2c(ccn2C)c(=O)[nH]1. The van der Waals surface area contributed by atoms with Crippen molar-refractivity contribution in [2.45, 2.75) is 0 Å². The molecule has 0 saturated carbocycles. The van der Waals surface area contributed by atoms with Gasteiger partial charge in [0.25, 0.3) is 5.56 Å². The molecule has 0 aromatic carbocycles. The molecule has 2 heterocycles. The second-order valence-electron chi connectivity index (χ2n) is 3.45. The van der Waals surface area contributed by atoms with Crippen LogP contribution in [0.4, 0.5) is 5.95 Å². The molecule has 0 aliphatic carbocycles. The Balaban J connectivity index is 2.82. The molecule has 0 aliphatic heterocycles. The average molecular weight is 192 g/mol. The molecule has 14 heavy (non-hydrogen) atoms. The molecule has 0 radical (unpaired) electrons. The van der Waals surface area contributed by atoms with Crippen molar-refractivity contribution in [3.05, 3.63) is 22.6 Å². The van der Waals surface area contributed by atoms with Gasteiger partial charge in [0.05, 0.1) is 5.39 Å². The minimum Gasteiger partial charge on any atom is -0.348 e. The third kappa shape index (κ3) is 1.17. The van der Waals surface area contributed by atoms with E-state index in [-0.39, 0.29) is 5.56 Å². The third-order valence-corrected chi connectivity index (χ3v) is 2.15. The Morgan fingerprint density at radius 1 is 1.50 bits per heavy atom. The number of H-pyrrole nitrogens is 1. The predicted molar refractivity (Wildman–Crippen MR) is 55.7 cm³/mol. The van der Waals surface area contributed by atoms with Crippen molar-refractivity contribution in [3.8, 4) is 0 Å². The second kappa shape index (κ2) is 2.87. The molecule has 74 valence electrons. The minimum atomic E-state index is -0.0979. The van der Waals surface area contributed by atoms with Crippen LogP contribution in [-0.2, 0) is 7.05 Å². The van der Waals surface area contributed by atoms with Gasteiger partial charge in [-0.1, -0.05) is 0 Å². The van der Waals surface area contributed by atoms with Crippen LogP contribution in [0.25, 0.3) is 11.0 Å². The number of rotatable bonds is 1. The number of hydrogen-bond donors (Lipinski definition) is 1. The van der Waals surface area contributed by atoms with Gasteiger partial charge in [-0.3, -0.25) is 9.78 Å². The molecule has 0 spiro atoms. The van der Waals surface area contributed by atoms with Crippen molar-refractivity contribution in [2.75, 3.05) is 19.0 Å². The molecule has 0 atom stereocenters. The lowest BCUT2D eigenvalue weighted by Gasteiger charge is -2.10. The summed E-state index contributed by atoms with van der Waals surface area (Å²) in [5, 5.41) is 0.623. The first-order valence-corrected chi connectivity index (χ1v) is 4.32. The van der Waals surface area contributed by atoms with E-state index >= 15 is 0 Å². The molecule has 2 rings (SSSR count). The van der Waals surface area contributed by atoms with E-state index in [0.717, 1.165) is 0 Å². The first-order chi connectivity index (χ1) is 6.59. The lowest BCUT2D eigenvalue weighted by atomic mass is 10.4. The lowest BCUT2D eigenvalue weighted by Crippen LogP contribution is -2.18. The van der Waals surface area contributed by atoms with E-state index in [1.165, 1.54) is 0 Å². The van der Waals surface area contributed by atoms with Crippen LogP contribution in [0.5, 0.6) is 0 Å². The van der Waals surface area contributed by atoms with E-state index in [1.807, 2.05) is 31.9 Å². The first kappa shape index (κ1) is 8.80. The molecule has 0 fully saturated rings. The molecule has 0 saturated heterocycles. The maximum atomic E-state index is 11.6. The molecule has 2 aromatic rings. The zero-order chi connectivity index (χ0) is 10.3. The fourth-order valence-corrected chi connectivity index (χ4v) is 1.35. The molecule has 5 heteroatoms. The zero-order valence-corrected chi connectivity index (χ0v) is 8.40. The summed E-state index contributed by atoms with van der Waals surface area (Å²) < 4.78 is 1.83. The monoisotopic (exact) mass is 192 g/mol. The molecule has 0 unspecified atom stereocenters. The zero-order valence-electron chi connectivity index (χ0n) is 8.40. The van der Waals surface area contributed by atoms with Crippen molar-refractivity contribution in [3.63, 3.8) is 0 Å². The highest BCUT2D eigenvalue weighted by Crippen LogP contribution is 2.09. The van der Waals surface area contributed by atoms with E-state index < -0.39 is 0 Å². The molecule has 5 nitrogen and oxygen atoms in total. The van der Waals surface area contributed by atoms with E-state index in [0.29, 0.717) is 17.0 Å². The molecule has 0 aliphatic rings. The molecule has 0 amide bonds. The molecular weight excluding hydrogens is 180 g/mol. The molecule has 2 aromatic heterocycles. The van der Waals surface area contributed by atoms with Crippen LogP contribution in [0, 0.1) is 0 Å². The summed E-state index contributed by atoms with van der Waals surface area (Å²) in [4.78, 5) is 20.4. The van der Waals surface area contributed by atoms with Gasteiger partial charge in [-0.15, -0.1) is 0 Å². The molecule has 0 bridgehead atoms. The number of aromatic nitrogens is 3. The maximum absolute atomic E-state index is 11.6. The van der Waals surface area contributed by atoms with Gasteiger partial charge in [-0.25, -0.2) is 0 Å². The first-order valence-electron chi connectivity index (χ1n) is 4.32. The number of anilines is 1. The molecule has 1 N–H and O–H groups in total. The second-order valence-corrected chi connectivity index (χ2v) is 3.45. The highest BCUT2D eigenvalue weighted by molar-refractivity contribution is 5.75. The Morgan fingerprint density at radius 3 is 2.86 bits per heavy atom. The van der Waals surface area contributed by atoms with Crippen molar-refractivity contribution in [1.29, 1.82) is 0 Å². The Labute approximate surface area is 81.0 Å². The number of fused-ring (bicyclic) bond motifs is 1. The van der Waals surface area contributed by atoms with Gasteiger partial charge >= 0.3 is 0 Å². The third-order valence-electron chi connectivity index (χ3n) is 2.15. The normalized spacial score (nSPS) is 10.8. The van der Waals surface area contributed by atoms with Crippen LogP contribution in [0.2, 0.25) is 0 Å². The average Bonchev–Trinajstić information content (AvgIpc) is 2.48. The van der Waals surface area contributed by atoms with Crippen LogP contribution in [0.3, 0.4) is 0 Å². The summed E-state index contributed by atoms with van der Waals surface area (Å²) in [7, 11) is 5.55. The number of nitrogens with zero attached hydrogens (tertiary/aromatic N) is 3. The smallest absolute Gasteiger partial charge is 0.261 e. The van der Waals surface area contributed by atoms with E-state index in [2.05, 4.69) is 9.97 Å². The Bertz CT molecular complexity index is 523. The van der Waals surface area contributed by atoms with Crippen LogP contribution < -0.4 is 10.5 Å². The van der Waals surface area contributed by atoms with Crippen molar-refractivity contribution in [2.24, 2.45) is 7.05 Å². The summed E-state index contributed by atoms with van der Waals surface area (Å²) in [5.74, 6) is 0.573. The summed E-state index contributed by atoms with van der Waals surface area (Å²) in [6.45, 7) is 0. The summed E-state index contributed by atoms with van der Waals surface area (Å²) in [6, 6.07) is 1.76. The van der Waals surface area contributed by atoms with Crippen molar-refractivity contribution >= 4 is 17.0 Å². The van der Waals surface area contributed by atoms with Gasteiger partial charge in [-0.05, 0) is 6.07 Å². The summed E-state index contributed by atoms with van der Waals surface area (Å²) >= 11 is 0. The minimum absolute atomic E-state index is 0.0979. The van der Waals surface area contributed by atoms with Crippen molar-refractivity contribution in [1.82, 2.24) is 14.5 Å². The van der Waals surface area contributed by atoms with Gasteiger partial charge < -0.3 is 9.47 Å². The highest BCUT2D eigenvalue weighted by Gasteiger charge is 2.07. The van der Waals surface area contributed by atoms with Crippen molar-refractivity contribution < 1.29 is 0 Å². The van der Waals surface area contributed by atoms with Crippen LogP contribution in [0.15, 0.2) is 17.1 Å². The number of aryl methyl sites for hydroxylation is 1. The topological polar surface area (TPSA) is 53.9 Å². The Hall–Kier alpha value is -1.78. The summed E-state index contributed by atoms with van der Waals surface area (Å²) in [6.07, 6.45) is 1.83. The Morgan fingerprint density at radius 2 is 2.21 bits per heavy atom. The highest BCUT2D eigenvalue weighted by atomic mass is 16.1. The van der Waals surface area contributed by atoms with Gasteiger partial charge in [0.1, 0.15) is 5.65 Å². The van der Waals surface area contributed by atoms with Crippen LogP contribution in [-0.4, -0.2) is 28.6 Å². The predicted octanol–water partition coefficient (Wildman–Crippen LogP) is 0.328. The van der Waals surface area contributed by atoms with Crippen LogP contribution >= 0.6 is 0 Å². The number of nitrogens with one attached hydrogen (secondary N) is 1. The standard InChI is InChI=1S/C9H12N4O/c1-12(2)9-10-7-6(8(14)11-9)4-5-13(7)3/h4-5H,1-3H3,(H,10,11,14). The van der Waals surface area contributed by atoms with E-state index in [9.17, 15) is 4.79 Å². The largest absolute Gasteiger partial charge is 0.348 e. The van der Waals surface area contributed by atoms with Gasteiger partial charge in [0.15, 0.2) is 0 Å².